The number of rotatable bonds is 5. The van der Waals surface area contributed by atoms with Gasteiger partial charge >= 0.3 is 5.97 Å². The predicted octanol–water partition coefficient (Wildman–Crippen LogP) is 1.76. The van der Waals surface area contributed by atoms with Crippen LogP contribution in [0.25, 0.3) is 0 Å². The predicted molar refractivity (Wildman–Crippen MR) is 73.8 cm³/mol. The van der Waals surface area contributed by atoms with Crippen molar-refractivity contribution < 1.29 is 19.8 Å². The molecule has 1 aliphatic carbocycles. The van der Waals surface area contributed by atoms with Crippen molar-refractivity contribution >= 4 is 11.9 Å². The Morgan fingerprint density at radius 2 is 1.85 bits per heavy atom. The van der Waals surface area contributed by atoms with E-state index >= 15 is 0 Å². The second-order valence-electron chi connectivity index (χ2n) is 5.05. The summed E-state index contributed by atoms with van der Waals surface area (Å²) in [4.78, 5) is 25.2. The maximum absolute atomic E-state index is 12.5. The number of aliphatic hydroxyl groups is 1. The van der Waals surface area contributed by atoms with Gasteiger partial charge in [0.15, 0.2) is 0 Å². The fraction of sp³-hybridized carbons (Fsp3) is 0.467. The first-order valence-corrected chi connectivity index (χ1v) is 6.88. The van der Waals surface area contributed by atoms with E-state index in [0.717, 1.165) is 25.7 Å². The highest BCUT2D eigenvalue weighted by atomic mass is 16.4. The lowest BCUT2D eigenvalue weighted by Gasteiger charge is -2.28. The Balaban J connectivity index is 2.22. The van der Waals surface area contributed by atoms with Crippen molar-refractivity contribution in [2.24, 2.45) is 0 Å². The minimum absolute atomic E-state index is 0.0825. The van der Waals surface area contributed by atoms with E-state index in [9.17, 15) is 9.59 Å². The minimum Gasteiger partial charge on any atom is -0.478 e. The number of carbonyl (C=O) groups is 2. The Morgan fingerprint density at radius 3 is 2.45 bits per heavy atom. The number of carbonyl (C=O) groups excluding carboxylic acids is 1. The monoisotopic (exact) mass is 277 g/mol. The first-order valence-electron chi connectivity index (χ1n) is 6.88. The third-order valence-corrected chi connectivity index (χ3v) is 3.72. The van der Waals surface area contributed by atoms with E-state index in [1.807, 2.05) is 0 Å². The van der Waals surface area contributed by atoms with Crippen LogP contribution >= 0.6 is 0 Å². The lowest BCUT2D eigenvalue weighted by Crippen LogP contribution is -2.40. The molecule has 2 rings (SSSR count). The Bertz CT molecular complexity index is 494. The maximum Gasteiger partial charge on any atom is 0.335 e. The molecule has 1 aromatic rings. The second-order valence-corrected chi connectivity index (χ2v) is 5.05. The summed E-state index contributed by atoms with van der Waals surface area (Å²) in [6.45, 7) is 0.210. The molecule has 1 fully saturated rings. The summed E-state index contributed by atoms with van der Waals surface area (Å²) in [5.41, 5.74) is 0.469. The molecule has 20 heavy (non-hydrogen) atoms. The van der Waals surface area contributed by atoms with Crippen LogP contribution in [0.4, 0.5) is 0 Å². The fourth-order valence-electron chi connectivity index (χ4n) is 2.72. The number of hydrogen-bond donors (Lipinski definition) is 2. The lowest BCUT2D eigenvalue weighted by molar-refractivity contribution is 0.0638. The maximum atomic E-state index is 12.5. The molecule has 1 aromatic carbocycles. The van der Waals surface area contributed by atoms with Crippen molar-refractivity contribution in [1.82, 2.24) is 4.90 Å². The highest BCUT2D eigenvalue weighted by Gasteiger charge is 2.27. The van der Waals surface area contributed by atoms with Crippen LogP contribution in [0.3, 0.4) is 0 Å². The van der Waals surface area contributed by atoms with Gasteiger partial charge in [-0.1, -0.05) is 18.9 Å². The van der Waals surface area contributed by atoms with Gasteiger partial charge in [0.05, 0.1) is 12.2 Å². The molecule has 1 saturated carbocycles. The minimum atomic E-state index is -1.05. The molecule has 0 heterocycles. The highest BCUT2D eigenvalue weighted by Crippen LogP contribution is 2.24. The number of nitrogens with zero attached hydrogens (tertiary/aromatic N) is 1. The number of hydrogen-bond acceptors (Lipinski definition) is 3. The Kier molecular flexibility index (Phi) is 4.74. The van der Waals surface area contributed by atoms with E-state index < -0.39 is 5.97 Å². The van der Waals surface area contributed by atoms with Crippen molar-refractivity contribution in [3.63, 3.8) is 0 Å². The van der Waals surface area contributed by atoms with E-state index in [-0.39, 0.29) is 24.1 Å². The van der Waals surface area contributed by atoms with Gasteiger partial charge in [0.1, 0.15) is 0 Å². The Hall–Kier alpha value is -1.88. The second kappa shape index (κ2) is 6.52. The van der Waals surface area contributed by atoms with Crippen LogP contribution < -0.4 is 0 Å². The van der Waals surface area contributed by atoms with E-state index in [4.69, 9.17) is 10.2 Å². The number of benzene rings is 1. The molecule has 2 N–H and O–H groups in total. The molecule has 0 atom stereocenters. The van der Waals surface area contributed by atoms with E-state index in [1.165, 1.54) is 12.1 Å². The van der Waals surface area contributed by atoms with Crippen molar-refractivity contribution in [3.05, 3.63) is 35.4 Å². The number of carboxylic acids is 1. The number of carboxylic acid groups (broad SMARTS) is 1. The van der Waals surface area contributed by atoms with Crippen LogP contribution in [0.2, 0.25) is 0 Å². The zero-order chi connectivity index (χ0) is 14.5. The zero-order valence-corrected chi connectivity index (χ0v) is 11.3. The SMILES string of the molecule is O=C(O)c1cccc(C(=O)N(CCO)C2CCCC2)c1. The summed E-state index contributed by atoms with van der Waals surface area (Å²) in [6, 6.07) is 6.20. The number of aliphatic hydroxyl groups excluding tert-OH is 1. The highest BCUT2D eigenvalue weighted by molar-refractivity contribution is 5.97. The van der Waals surface area contributed by atoms with Gasteiger partial charge in [-0.15, -0.1) is 0 Å². The quantitative estimate of drug-likeness (QED) is 0.859. The van der Waals surface area contributed by atoms with Gasteiger partial charge < -0.3 is 15.1 Å². The third-order valence-electron chi connectivity index (χ3n) is 3.72. The van der Waals surface area contributed by atoms with Gasteiger partial charge in [0, 0.05) is 18.2 Å². The molecule has 1 amide bonds. The average Bonchev–Trinajstić information content (AvgIpc) is 2.98. The van der Waals surface area contributed by atoms with Crippen LogP contribution in [0, 0.1) is 0 Å². The van der Waals surface area contributed by atoms with Gasteiger partial charge in [0.2, 0.25) is 0 Å². The van der Waals surface area contributed by atoms with Crippen molar-refractivity contribution in [2.45, 2.75) is 31.7 Å². The topological polar surface area (TPSA) is 77.8 Å². The third kappa shape index (κ3) is 3.17. The molecule has 0 bridgehead atoms. The van der Waals surface area contributed by atoms with E-state index in [2.05, 4.69) is 0 Å². The average molecular weight is 277 g/mol. The first kappa shape index (κ1) is 14.5. The van der Waals surface area contributed by atoms with Crippen molar-refractivity contribution in [3.8, 4) is 0 Å². The standard InChI is InChI=1S/C15H19NO4/c17-9-8-16(13-6-1-2-7-13)14(18)11-4-3-5-12(10-11)15(19)20/h3-5,10,13,17H,1-2,6-9H2,(H,19,20). The summed E-state index contributed by atoms with van der Waals surface area (Å²) in [5.74, 6) is -1.25. The van der Waals surface area contributed by atoms with Crippen LogP contribution in [0.15, 0.2) is 24.3 Å². The molecule has 0 spiro atoms. The smallest absolute Gasteiger partial charge is 0.335 e. The van der Waals surface area contributed by atoms with Gasteiger partial charge in [0.25, 0.3) is 5.91 Å². The van der Waals surface area contributed by atoms with Gasteiger partial charge in [-0.2, -0.15) is 0 Å². The van der Waals surface area contributed by atoms with Gasteiger partial charge in [-0.25, -0.2) is 4.79 Å². The summed E-state index contributed by atoms with van der Waals surface area (Å²) in [5, 5.41) is 18.1. The van der Waals surface area contributed by atoms with Crippen LogP contribution in [-0.4, -0.2) is 46.2 Å². The van der Waals surface area contributed by atoms with E-state index in [0.29, 0.717) is 12.1 Å². The molecule has 0 aromatic heterocycles. The fourth-order valence-corrected chi connectivity index (χ4v) is 2.72. The molecule has 5 nitrogen and oxygen atoms in total. The van der Waals surface area contributed by atoms with Crippen LogP contribution in [0.5, 0.6) is 0 Å². The summed E-state index contributed by atoms with van der Waals surface area (Å²) in [7, 11) is 0. The van der Waals surface area contributed by atoms with Gasteiger partial charge in [-0.3, -0.25) is 4.79 Å². The normalized spacial score (nSPS) is 15.2. The van der Waals surface area contributed by atoms with Crippen molar-refractivity contribution in [2.75, 3.05) is 13.2 Å². The molecule has 5 heteroatoms. The zero-order valence-electron chi connectivity index (χ0n) is 11.3. The molecular weight excluding hydrogens is 258 g/mol. The molecular formula is C15H19NO4. The summed E-state index contributed by atoms with van der Waals surface area (Å²) >= 11 is 0. The number of amides is 1. The number of aromatic carboxylic acids is 1. The molecule has 108 valence electrons. The molecule has 0 aliphatic heterocycles. The Morgan fingerprint density at radius 1 is 1.20 bits per heavy atom. The molecule has 0 radical (unpaired) electrons. The molecule has 1 aliphatic rings. The van der Waals surface area contributed by atoms with Gasteiger partial charge in [-0.05, 0) is 31.0 Å². The Labute approximate surface area is 117 Å². The lowest BCUT2D eigenvalue weighted by atomic mass is 10.1. The molecule has 0 saturated heterocycles. The van der Waals surface area contributed by atoms with Crippen LogP contribution in [-0.2, 0) is 0 Å². The first-order chi connectivity index (χ1) is 9.63. The largest absolute Gasteiger partial charge is 0.478 e. The van der Waals surface area contributed by atoms with E-state index in [1.54, 1.807) is 17.0 Å². The summed E-state index contributed by atoms with van der Waals surface area (Å²) < 4.78 is 0. The van der Waals surface area contributed by atoms with Crippen molar-refractivity contribution in [1.29, 1.82) is 0 Å². The summed E-state index contributed by atoms with van der Waals surface area (Å²) in [6.07, 6.45) is 4.08. The van der Waals surface area contributed by atoms with Crippen LogP contribution in [0.1, 0.15) is 46.4 Å². The molecule has 0 unspecified atom stereocenters.